The first-order valence-corrected chi connectivity index (χ1v) is 10.5. The topological polar surface area (TPSA) is 74.5 Å². The summed E-state index contributed by atoms with van der Waals surface area (Å²) in [6.07, 6.45) is 8.19. The maximum atomic E-state index is 13.1. The summed E-state index contributed by atoms with van der Waals surface area (Å²) in [5, 5.41) is 11.0. The highest BCUT2D eigenvalue weighted by atomic mass is 19.1. The molecule has 3 rings (SSSR count). The highest BCUT2D eigenvalue weighted by Gasteiger charge is 2.14. The highest BCUT2D eigenvalue weighted by Crippen LogP contribution is 2.22. The molecule has 1 aromatic carbocycles. The Morgan fingerprint density at radius 3 is 2.60 bits per heavy atom. The number of carbonyl (C=O) groups is 1. The zero-order chi connectivity index (χ0) is 21.3. The van der Waals surface area contributed by atoms with Gasteiger partial charge in [-0.2, -0.15) is 5.10 Å². The molecule has 0 bridgehead atoms. The summed E-state index contributed by atoms with van der Waals surface area (Å²) in [4.78, 5) is 18.1. The van der Waals surface area contributed by atoms with Crippen LogP contribution in [0.2, 0.25) is 0 Å². The minimum Gasteiger partial charge on any atom is -0.356 e. The van der Waals surface area contributed by atoms with E-state index in [1.54, 1.807) is 35.8 Å². The van der Waals surface area contributed by atoms with Gasteiger partial charge in [0.15, 0.2) is 5.96 Å². The number of aliphatic imine (C=N–C) groups is 1. The van der Waals surface area contributed by atoms with Crippen molar-refractivity contribution in [2.45, 2.75) is 38.6 Å². The van der Waals surface area contributed by atoms with Crippen molar-refractivity contribution in [1.82, 2.24) is 25.3 Å². The summed E-state index contributed by atoms with van der Waals surface area (Å²) < 4.78 is 14.8. The van der Waals surface area contributed by atoms with Crippen LogP contribution in [0.3, 0.4) is 0 Å². The molecule has 1 aliphatic rings. The lowest BCUT2D eigenvalue weighted by Gasteiger charge is -2.23. The second-order valence-corrected chi connectivity index (χ2v) is 7.92. The molecule has 8 heteroatoms. The third kappa shape index (κ3) is 6.57. The zero-order valence-electron chi connectivity index (χ0n) is 17.8. The van der Waals surface area contributed by atoms with Crippen LogP contribution in [-0.2, 0) is 11.3 Å². The second-order valence-electron chi connectivity index (χ2n) is 7.92. The Balaban J connectivity index is 1.62. The largest absolute Gasteiger partial charge is 0.356 e. The van der Waals surface area contributed by atoms with Gasteiger partial charge in [-0.3, -0.25) is 4.79 Å². The van der Waals surface area contributed by atoms with Crippen molar-refractivity contribution in [3.8, 4) is 5.69 Å². The molecule has 162 valence electrons. The molecule has 2 aromatic rings. The first-order chi connectivity index (χ1) is 14.5. The monoisotopic (exact) mass is 414 g/mol. The molecule has 0 unspecified atom stereocenters. The lowest BCUT2D eigenvalue weighted by atomic mass is 9.89. The van der Waals surface area contributed by atoms with Crippen LogP contribution in [0, 0.1) is 11.7 Å². The van der Waals surface area contributed by atoms with E-state index in [-0.39, 0.29) is 18.3 Å². The van der Waals surface area contributed by atoms with Gasteiger partial charge in [0.05, 0.1) is 24.5 Å². The van der Waals surface area contributed by atoms with Crippen molar-refractivity contribution in [1.29, 1.82) is 0 Å². The number of aromatic nitrogens is 2. The van der Waals surface area contributed by atoms with Crippen LogP contribution in [0.4, 0.5) is 4.39 Å². The number of nitrogens with one attached hydrogen (secondary N) is 2. The minimum absolute atomic E-state index is 0.0113. The van der Waals surface area contributed by atoms with E-state index in [9.17, 15) is 9.18 Å². The molecule has 7 nitrogen and oxygen atoms in total. The van der Waals surface area contributed by atoms with Crippen molar-refractivity contribution in [2.75, 3.05) is 27.2 Å². The second kappa shape index (κ2) is 10.8. The third-order valence-electron chi connectivity index (χ3n) is 5.32. The minimum atomic E-state index is -0.275. The molecule has 1 fully saturated rings. The number of carbonyl (C=O) groups excluding carboxylic acids is 1. The van der Waals surface area contributed by atoms with Gasteiger partial charge in [0.1, 0.15) is 5.82 Å². The quantitative estimate of drug-likeness (QED) is 0.540. The van der Waals surface area contributed by atoms with Crippen molar-refractivity contribution < 1.29 is 9.18 Å². The van der Waals surface area contributed by atoms with E-state index < -0.39 is 0 Å². The fourth-order valence-electron chi connectivity index (χ4n) is 3.47. The van der Waals surface area contributed by atoms with E-state index in [2.05, 4.69) is 20.7 Å². The fraction of sp³-hybridized carbons (Fsp3) is 0.500. The van der Waals surface area contributed by atoms with Crippen LogP contribution < -0.4 is 10.6 Å². The molecule has 1 saturated carbocycles. The zero-order valence-corrected chi connectivity index (χ0v) is 17.8. The first kappa shape index (κ1) is 21.8. The lowest BCUT2D eigenvalue weighted by Crippen LogP contribution is -2.44. The Bertz CT molecular complexity index is 840. The smallest absolute Gasteiger partial charge is 0.241 e. The SMILES string of the molecule is CN(C)C(=O)CNC(=NCc1ccn(-c2ccc(F)cc2)n1)NCC1CCCCC1. The van der Waals surface area contributed by atoms with Crippen molar-refractivity contribution in [2.24, 2.45) is 10.9 Å². The molecule has 1 amide bonds. The number of nitrogens with zero attached hydrogens (tertiary/aromatic N) is 4. The van der Waals surface area contributed by atoms with E-state index in [0.717, 1.165) is 17.9 Å². The Morgan fingerprint density at radius 1 is 1.17 bits per heavy atom. The van der Waals surface area contributed by atoms with Gasteiger partial charge >= 0.3 is 0 Å². The fourth-order valence-corrected chi connectivity index (χ4v) is 3.47. The summed E-state index contributed by atoms with van der Waals surface area (Å²) >= 11 is 0. The number of likely N-dealkylation sites (N-methyl/N-ethyl adjacent to an activating group) is 1. The van der Waals surface area contributed by atoms with E-state index in [0.29, 0.717) is 18.4 Å². The summed E-state index contributed by atoms with van der Waals surface area (Å²) in [5.41, 5.74) is 1.58. The molecule has 0 saturated heterocycles. The first-order valence-electron chi connectivity index (χ1n) is 10.5. The molecule has 1 heterocycles. The van der Waals surface area contributed by atoms with E-state index >= 15 is 0 Å². The van der Waals surface area contributed by atoms with Crippen LogP contribution in [0.15, 0.2) is 41.5 Å². The number of hydrogen-bond donors (Lipinski definition) is 2. The molecule has 1 aromatic heterocycles. The summed E-state index contributed by atoms with van der Waals surface area (Å²) in [6, 6.07) is 8.07. The summed E-state index contributed by atoms with van der Waals surface area (Å²) in [6.45, 7) is 1.42. The van der Waals surface area contributed by atoms with E-state index in [1.807, 2.05) is 12.3 Å². The number of amides is 1. The molecule has 30 heavy (non-hydrogen) atoms. The average Bonchev–Trinajstić information content (AvgIpc) is 3.23. The predicted octanol–water partition coefficient (Wildman–Crippen LogP) is 2.72. The van der Waals surface area contributed by atoms with Gasteiger partial charge in [-0.25, -0.2) is 14.1 Å². The Morgan fingerprint density at radius 2 is 1.90 bits per heavy atom. The number of rotatable bonds is 7. The lowest BCUT2D eigenvalue weighted by molar-refractivity contribution is -0.127. The molecular formula is C22H31FN6O. The van der Waals surface area contributed by atoms with Gasteiger partial charge in [-0.05, 0) is 49.1 Å². The molecule has 1 aliphatic carbocycles. The normalized spacial score (nSPS) is 15.1. The number of benzene rings is 1. The molecular weight excluding hydrogens is 383 g/mol. The number of halogens is 1. The van der Waals surface area contributed by atoms with Crippen LogP contribution in [0.5, 0.6) is 0 Å². The number of guanidine groups is 1. The Labute approximate surface area is 177 Å². The summed E-state index contributed by atoms with van der Waals surface area (Å²) in [7, 11) is 3.47. The maximum absolute atomic E-state index is 13.1. The average molecular weight is 415 g/mol. The Kier molecular flexibility index (Phi) is 7.82. The van der Waals surface area contributed by atoms with Gasteiger partial charge in [-0.15, -0.1) is 0 Å². The van der Waals surface area contributed by atoms with Gasteiger partial charge < -0.3 is 15.5 Å². The van der Waals surface area contributed by atoms with Crippen molar-refractivity contribution in [3.63, 3.8) is 0 Å². The van der Waals surface area contributed by atoms with E-state index in [1.165, 1.54) is 44.2 Å². The van der Waals surface area contributed by atoms with Gasteiger partial charge in [-0.1, -0.05) is 19.3 Å². The van der Waals surface area contributed by atoms with Gasteiger partial charge in [0, 0.05) is 26.8 Å². The molecule has 0 atom stereocenters. The molecule has 0 spiro atoms. The molecule has 0 aliphatic heterocycles. The van der Waals surface area contributed by atoms with Crippen LogP contribution in [0.1, 0.15) is 37.8 Å². The molecule has 0 radical (unpaired) electrons. The predicted molar refractivity (Wildman–Crippen MR) is 116 cm³/mol. The van der Waals surface area contributed by atoms with Crippen molar-refractivity contribution >= 4 is 11.9 Å². The van der Waals surface area contributed by atoms with Gasteiger partial charge in [0.25, 0.3) is 0 Å². The number of hydrogen-bond acceptors (Lipinski definition) is 3. The molecule has 2 N–H and O–H groups in total. The van der Waals surface area contributed by atoms with Crippen LogP contribution in [-0.4, -0.2) is 53.7 Å². The Hall–Kier alpha value is -2.90. The maximum Gasteiger partial charge on any atom is 0.241 e. The van der Waals surface area contributed by atoms with Gasteiger partial charge in [0.2, 0.25) is 5.91 Å². The van der Waals surface area contributed by atoms with E-state index in [4.69, 9.17) is 0 Å². The standard InChI is InChI=1S/C22H31FN6O/c1-28(2)21(30)16-26-22(24-14-17-6-4-3-5-7-17)25-15-19-12-13-29(27-19)20-10-8-18(23)9-11-20/h8-13,17H,3-7,14-16H2,1-2H3,(H2,24,25,26). The van der Waals surface area contributed by atoms with Crippen molar-refractivity contribution in [3.05, 3.63) is 48.0 Å². The van der Waals surface area contributed by atoms with Crippen LogP contribution in [0.25, 0.3) is 5.69 Å². The third-order valence-corrected chi connectivity index (χ3v) is 5.32. The van der Waals surface area contributed by atoms with Crippen LogP contribution >= 0.6 is 0 Å². The summed E-state index contributed by atoms with van der Waals surface area (Å²) in [5.74, 6) is 0.977. The highest BCUT2D eigenvalue weighted by molar-refractivity contribution is 5.86.